The minimum Gasteiger partial charge on any atom is -0.319 e. The summed E-state index contributed by atoms with van der Waals surface area (Å²) in [6.45, 7) is 2.99. The first-order chi connectivity index (χ1) is 9.81. The zero-order chi connectivity index (χ0) is 15.7. The molecule has 110 valence electrons. The number of nitrogens with zero attached hydrogens (tertiary/aromatic N) is 2. The molecular formula is C13H10Cl2FN3O2. The smallest absolute Gasteiger partial charge is 0.279 e. The Morgan fingerprint density at radius 2 is 2.00 bits per heavy atom. The molecule has 21 heavy (non-hydrogen) atoms. The number of rotatable bonds is 2. The van der Waals surface area contributed by atoms with Gasteiger partial charge in [-0.3, -0.25) is 9.59 Å². The molecule has 0 unspecified atom stereocenters. The number of halogens is 3. The zero-order valence-corrected chi connectivity index (χ0v) is 12.6. The van der Waals surface area contributed by atoms with Crippen LogP contribution in [0, 0.1) is 12.7 Å². The summed E-state index contributed by atoms with van der Waals surface area (Å²) in [6.07, 6.45) is 0. The third-order valence-corrected chi connectivity index (χ3v) is 3.30. The molecule has 1 N–H and O–H groups in total. The van der Waals surface area contributed by atoms with Crippen molar-refractivity contribution in [3.63, 3.8) is 0 Å². The van der Waals surface area contributed by atoms with Gasteiger partial charge in [0, 0.05) is 6.92 Å². The number of hydrogen-bond acceptors (Lipinski definition) is 3. The maximum absolute atomic E-state index is 13.8. The quantitative estimate of drug-likeness (QED) is 0.916. The molecule has 2 rings (SSSR count). The first-order valence-electron chi connectivity index (χ1n) is 5.83. The van der Waals surface area contributed by atoms with Gasteiger partial charge in [0.2, 0.25) is 5.91 Å². The molecule has 2 aromatic rings. The summed E-state index contributed by atoms with van der Waals surface area (Å²) in [5.74, 6) is -2.51. The molecule has 5 nitrogen and oxygen atoms in total. The number of amides is 1. The van der Waals surface area contributed by atoms with E-state index in [1.807, 2.05) is 6.92 Å². The normalized spacial score (nSPS) is 10.5. The summed E-state index contributed by atoms with van der Waals surface area (Å²) in [5.41, 5.74) is 0.639. The van der Waals surface area contributed by atoms with Crippen LogP contribution in [-0.4, -0.2) is 21.6 Å². The van der Waals surface area contributed by atoms with E-state index in [4.69, 9.17) is 23.2 Å². The van der Waals surface area contributed by atoms with Crippen molar-refractivity contribution in [1.82, 2.24) is 9.78 Å². The summed E-state index contributed by atoms with van der Waals surface area (Å²) in [5, 5.41) is 5.74. The molecule has 0 radical (unpaired) electrons. The van der Waals surface area contributed by atoms with Gasteiger partial charge in [-0.15, -0.1) is 0 Å². The number of hydrogen-bond donors (Lipinski definition) is 1. The van der Waals surface area contributed by atoms with E-state index in [0.29, 0.717) is 15.4 Å². The van der Waals surface area contributed by atoms with Crippen LogP contribution in [0.25, 0.3) is 0 Å². The van der Waals surface area contributed by atoms with Crippen LogP contribution in [0.5, 0.6) is 0 Å². The molecule has 0 spiro atoms. The second kappa shape index (κ2) is 5.83. The molecule has 8 heteroatoms. The topological polar surface area (TPSA) is 64.0 Å². The van der Waals surface area contributed by atoms with E-state index < -0.39 is 28.5 Å². The molecule has 0 aliphatic rings. The van der Waals surface area contributed by atoms with Crippen molar-refractivity contribution in [2.24, 2.45) is 0 Å². The number of benzene rings is 1. The molecular weight excluding hydrogens is 320 g/mol. The fourth-order valence-corrected chi connectivity index (χ4v) is 2.16. The van der Waals surface area contributed by atoms with Crippen LogP contribution in [0.4, 0.5) is 10.1 Å². The highest BCUT2D eigenvalue weighted by Crippen LogP contribution is 2.24. The maximum atomic E-state index is 13.8. The van der Waals surface area contributed by atoms with Gasteiger partial charge in [-0.1, -0.05) is 29.3 Å². The number of nitrogens with one attached hydrogen (secondary N) is 1. The predicted molar refractivity (Wildman–Crippen MR) is 77.6 cm³/mol. The van der Waals surface area contributed by atoms with Crippen LogP contribution in [-0.2, 0) is 0 Å². The minimum atomic E-state index is -1.06. The number of aryl methyl sites for hydroxylation is 1. The molecule has 1 amide bonds. The second-order valence-electron chi connectivity index (χ2n) is 4.32. The predicted octanol–water partition coefficient (Wildman–Crippen LogP) is 3.55. The van der Waals surface area contributed by atoms with Gasteiger partial charge in [-0.05, 0) is 24.6 Å². The van der Waals surface area contributed by atoms with Gasteiger partial charge in [0.25, 0.3) is 5.91 Å². The molecule has 0 aliphatic carbocycles. The van der Waals surface area contributed by atoms with Crippen molar-refractivity contribution in [2.75, 3.05) is 5.32 Å². The van der Waals surface area contributed by atoms with Crippen LogP contribution in [0.15, 0.2) is 18.2 Å². The highest BCUT2D eigenvalue weighted by atomic mass is 35.5. The average molecular weight is 330 g/mol. The summed E-state index contributed by atoms with van der Waals surface area (Å²) < 4.78 is 14.5. The monoisotopic (exact) mass is 329 g/mol. The molecule has 0 aliphatic heterocycles. The van der Waals surface area contributed by atoms with Gasteiger partial charge in [-0.2, -0.15) is 9.78 Å². The van der Waals surface area contributed by atoms with Gasteiger partial charge in [0.1, 0.15) is 0 Å². The molecule has 0 saturated carbocycles. The summed E-state index contributed by atoms with van der Waals surface area (Å²) in [6, 6.07) is 4.96. The van der Waals surface area contributed by atoms with Gasteiger partial charge in [-0.25, -0.2) is 4.39 Å². The average Bonchev–Trinajstić information content (AvgIpc) is 2.70. The lowest BCUT2D eigenvalue weighted by Crippen LogP contribution is -2.15. The second-order valence-corrected chi connectivity index (χ2v) is 5.09. The largest absolute Gasteiger partial charge is 0.319 e. The SMILES string of the molecule is CC(=O)n1nc(C(=O)Nc2ccc(C)cc2Cl)c(F)c1Cl. The lowest BCUT2D eigenvalue weighted by molar-refractivity contribution is 0.0920. The van der Waals surface area contributed by atoms with E-state index in [9.17, 15) is 14.0 Å². The van der Waals surface area contributed by atoms with Crippen molar-refractivity contribution < 1.29 is 14.0 Å². The van der Waals surface area contributed by atoms with Crippen LogP contribution < -0.4 is 5.32 Å². The van der Waals surface area contributed by atoms with Gasteiger partial charge < -0.3 is 5.32 Å². The lowest BCUT2D eigenvalue weighted by Gasteiger charge is -2.06. The van der Waals surface area contributed by atoms with E-state index in [-0.39, 0.29) is 0 Å². The minimum absolute atomic E-state index is 0.306. The lowest BCUT2D eigenvalue weighted by atomic mass is 10.2. The molecule has 0 fully saturated rings. The molecule has 0 atom stereocenters. The van der Waals surface area contributed by atoms with Crippen molar-refractivity contribution in [3.05, 3.63) is 45.4 Å². The molecule has 1 heterocycles. The van der Waals surface area contributed by atoms with Crippen molar-refractivity contribution in [1.29, 1.82) is 0 Å². The fourth-order valence-electron chi connectivity index (χ4n) is 1.64. The molecule has 0 saturated heterocycles. The summed E-state index contributed by atoms with van der Waals surface area (Å²) in [7, 11) is 0. The van der Waals surface area contributed by atoms with E-state index in [1.54, 1.807) is 18.2 Å². The number of aromatic nitrogens is 2. The Labute approximate surface area is 129 Å². The Kier molecular flexibility index (Phi) is 4.29. The summed E-state index contributed by atoms with van der Waals surface area (Å²) in [4.78, 5) is 23.2. The standard InChI is InChI=1S/C13H10Cl2FN3O2/c1-6-3-4-9(8(14)5-6)17-13(21)11-10(16)12(15)19(18-11)7(2)20/h3-5H,1-2H3,(H,17,21). The third-order valence-electron chi connectivity index (χ3n) is 2.66. The van der Waals surface area contributed by atoms with Gasteiger partial charge >= 0.3 is 0 Å². The van der Waals surface area contributed by atoms with E-state index in [0.717, 1.165) is 12.5 Å². The van der Waals surface area contributed by atoms with Gasteiger partial charge in [0.15, 0.2) is 16.7 Å². The highest BCUT2D eigenvalue weighted by molar-refractivity contribution is 6.34. The molecule has 1 aromatic heterocycles. The molecule has 0 bridgehead atoms. The Morgan fingerprint density at radius 1 is 1.33 bits per heavy atom. The first-order valence-corrected chi connectivity index (χ1v) is 6.59. The Morgan fingerprint density at radius 3 is 2.52 bits per heavy atom. The van der Waals surface area contributed by atoms with E-state index >= 15 is 0 Å². The van der Waals surface area contributed by atoms with Crippen LogP contribution >= 0.6 is 23.2 Å². The Bertz CT molecular complexity index is 743. The van der Waals surface area contributed by atoms with E-state index in [1.165, 1.54) is 0 Å². The fraction of sp³-hybridized carbons (Fsp3) is 0.154. The number of carbonyl (C=O) groups is 2. The Hall–Kier alpha value is -1.92. The maximum Gasteiger partial charge on any atom is 0.279 e. The first kappa shape index (κ1) is 15.5. The van der Waals surface area contributed by atoms with Crippen LogP contribution in [0.1, 0.15) is 27.8 Å². The number of carbonyl (C=O) groups excluding carboxylic acids is 2. The Balaban J connectivity index is 2.33. The zero-order valence-electron chi connectivity index (χ0n) is 11.1. The van der Waals surface area contributed by atoms with Gasteiger partial charge in [0.05, 0.1) is 10.7 Å². The van der Waals surface area contributed by atoms with Crippen molar-refractivity contribution in [3.8, 4) is 0 Å². The summed E-state index contributed by atoms with van der Waals surface area (Å²) >= 11 is 11.6. The number of anilines is 1. The van der Waals surface area contributed by atoms with E-state index in [2.05, 4.69) is 10.4 Å². The van der Waals surface area contributed by atoms with Crippen LogP contribution in [0.3, 0.4) is 0 Å². The highest BCUT2D eigenvalue weighted by Gasteiger charge is 2.24. The van der Waals surface area contributed by atoms with Crippen molar-refractivity contribution >= 4 is 40.7 Å². The molecule has 1 aromatic carbocycles. The third kappa shape index (κ3) is 3.06. The van der Waals surface area contributed by atoms with Crippen molar-refractivity contribution in [2.45, 2.75) is 13.8 Å². The van der Waals surface area contributed by atoms with Crippen LogP contribution in [0.2, 0.25) is 10.2 Å².